The van der Waals surface area contributed by atoms with Gasteiger partial charge in [0.05, 0.1) is 5.75 Å². The molecule has 7 nitrogen and oxygen atoms in total. The van der Waals surface area contributed by atoms with E-state index in [-0.39, 0.29) is 17.8 Å². The van der Waals surface area contributed by atoms with Gasteiger partial charge in [0.15, 0.2) is 5.16 Å². The first-order valence-electron chi connectivity index (χ1n) is 7.29. The van der Waals surface area contributed by atoms with Crippen molar-refractivity contribution >= 4 is 29.6 Å². The number of thioether (sulfide) groups is 1. The molecule has 1 aromatic rings. The van der Waals surface area contributed by atoms with Crippen LogP contribution in [-0.4, -0.2) is 44.1 Å². The SMILES string of the molecule is CCN(C(=O)CSc1nc(N)nc(N)n1)C1CCCCC1. The number of hydrogen-bond acceptors (Lipinski definition) is 7. The standard InChI is InChI=1S/C13H22N6OS/c1-2-19(9-6-4-3-5-7-9)10(20)8-21-13-17-11(14)16-12(15)18-13/h9H,2-8H2,1H3,(H4,14,15,16,17,18). The van der Waals surface area contributed by atoms with Gasteiger partial charge < -0.3 is 16.4 Å². The summed E-state index contributed by atoms with van der Waals surface area (Å²) in [5, 5.41) is 0.396. The molecule has 0 radical (unpaired) electrons. The molecular formula is C13H22N6OS. The van der Waals surface area contributed by atoms with E-state index >= 15 is 0 Å². The fourth-order valence-corrected chi connectivity index (χ4v) is 3.43. The minimum Gasteiger partial charge on any atom is -0.368 e. The van der Waals surface area contributed by atoms with Crippen molar-refractivity contribution in [2.24, 2.45) is 0 Å². The number of nitrogens with two attached hydrogens (primary N) is 2. The summed E-state index contributed by atoms with van der Waals surface area (Å²) in [5.41, 5.74) is 11.0. The second-order valence-electron chi connectivity index (χ2n) is 5.09. The molecular weight excluding hydrogens is 288 g/mol. The molecule has 1 saturated carbocycles. The number of nitrogens with zero attached hydrogens (tertiary/aromatic N) is 4. The molecule has 0 unspecified atom stereocenters. The van der Waals surface area contributed by atoms with Crippen LogP contribution in [-0.2, 0) is 4.79 Å². The molecule has 4 N–H and O–H groups in total. The van der Waals surface area contributed by atoms with Crippen LogP contribution in [0.4, 0.5) is 11.9 Å². The fraction of sp³-hybridized carbons (Fsp3) is 0.692. The highest BCUT2D eigenvalue weighted by molar-refractivity contribution is 7.99. The van der Waals surface area contributed by atoms with Gasteiger partial charge in [-0.1, -0.05) is 31.0 Å². The van der Waals surface area contributed by atoms with Crippen molar-refractivity contribution in [2.45, 2.75) is 50.2 Å². The second-order valence-corrected chi connectivity index (χ2v) is 6.04. The first-order chi connectivity index (χ1) is 10.1. The summed E-state index contributed by atoms with van der Waals surface area (Å²) in [6, 6.07) is 0.380. The molecule has 0 aliphatic heterocycles. The number of carbonyl (C=O) groups is 1. The van der Waals surface area contributed by atoms with Gasteiger partial charge in [-0.15, -0.1) is 0 Å². The maximum Gasteiger partial charge on any atom is 0.233 e. The highest BCUT2D eigenvalue weighted by Crippen LogP contribution is 2.24. The van der Waals surface area contributed by atoms with E-state index in [1.807, 2.05) is 11.8 Å². The van der Waals surface area contributed by atoms with Gasteiger partial charge in [-0.3, -0.25) is 4.79 Å². The number of anilines is 2. The molecule has 21 heavy (non-hydrogen) atoms. The molecule has 1 heterocycles. The number of carbonyl (C=O) groups excluding carboxylic acids is 1. The highest BCUT2D eigenvalue weighted by Gasteiger charge is 2.24. The van der Waals surface area contributed by atoms with Gasteiger partial charge in [0, 0.05) is 12.6 Å². The first kappa shape index (κ1) is 15.8. The lowest BCUT2D eigenvalue weighted by atomic mass is 9.94. The quantitative estimate of drug-likeness (QED) is 0.789. The Morgan fingerprint density at radius 1 is 1.19 bits per heavy atom. The minimum absolute atomic E-state index is 0.0806. The molecule has 1 aliphatic carbocycles. The van der Waals surface area contributed by atoms with Crippen LogP contribution in [0.5, 0.6) is 0 Å². The summed E-state index contributed by atoms with van der Waals surface area (Å²) < 4.78 is 0. The Bertz CT molecular complexity index is 471. The molecule has 0 aromatic carbocycles. The third-order valence-corrected chi connectivity index (χ3v) is 4.48. The van der Waals surface area contributed by atoms with Crippen molar-refractivity contribution in [1.82, 2.24) is 19.9 Å². The van der Waals surface area contributed by atoms with Crippen LogP contribution in [0, 0.1) is 0 Å². The van der Waals surface area contributed by atoms with Gasteiger partial charge in [0.1, 0.15) is 0 Å². The highest BCUT2D eigenvalue weighted by atomic mass is 32.2. The predicted octanol–water partition coefficient (Wildman–Crippen LogP) is 1.31. The van der Waals surface area contributed by atoms with Crippen LogP contribution in [0.2, 0.25) is 0 Å². The molecule has 2 rings (SSSR count). The van der Waals surface area contributed by atoms with E-state index in [1.54, 1.807) is 0 Å². The minimum atomic E-state index is 0.0806. The Kier molecular flexibility index (Phi) is 5.60. The fourth-order valence-electron chi connectivity index (χ4n) is 2.69. The van der Waals surface area contributed by atoms with E-state index in [4.69, 9.17) is 11.5 Å². The van der Waals surface area contributed by atoms with Gasteiger partial charge in [0.2, 0.25) is 17.8 Å². The summed E-state index contributed by atoms with van der Waals surface area (Å²) in [4.78, 5) is 26.0. The lowest BCUT2D eigenvalue weighted by Gasteiger charge is -2.33. The summed E-state index contributed by atoms with van der Waals surface area (Å²) in [7, 11) is 0. The molecule has 8 heteroatoms. The molecule has 0 bridgehead atoms. The molecule has 116 valence electrons. The van der Waals surface area contributed by atoms with Crippen LogP contribution >= 0.6 is 11.8 Å². The van der Waals surface area contributed by atoms with Gasteiger partial charge in [-0.2, -0.15) is 15.0 Å². The van der Waals surface area contributed by atoms with E-state index < -0.39 is 0 Å². The molecule has 0 atom stereocenters. The number of nitrogen functional groups attached to an aromatic ring is 2. The summed E-state index contributed by atoms with van der Waals surface area (Å²) in [5.74, 6) is 0.578. The molecule has 1 aliphatic rings. The largest absolute Gasteiger partial charge is 0.368 e. The molecule has 0 saturated heterocycles. The van der Waals surface area contributed by atoms with Crippen LogP contribution in [0.3, 0.4) is 0 Å². The van der Waals surface area contributed by atoms with E-state index in [9.17, 15) is 4.79 Å². The van der Waals surface area contributed by atoms with E-state index in [1.165, 1.54) is 31.0 Å². The van der Waals surface area contributed by atoms with Crippen molar-refractivity contribution < 1.29 is 4.79 Å². The van der Waals surface area contributed by atoms with Crippen molar-refractivity contribution in [1.29, 1.82) is 0 Å². The lowest BCUT2D eigenvalue weighted by Crippen LogP contribution is -2.42. The normalized spacial score (nSPS) is 15.9. The average Bonchev–Trinajstić information content (AvgIpc) is 2.46. The molecule has 1 amide bonds. The van der Waals surface area contributed by atoms with Crippen molar-refractivity contribution in [2.75, 3.05) is 23.8 Å². The van der Waals surface area contributed by atoms with Gasteiger partial charge in [0.25, 0.3) is 0 Å². The predicted molar refractivity (Wildman–Crippen MR) is 83.6 cm³/mol. The Morgan fingerprint density at radius 2 is 1.81 bits per heavy atom. The number of hydrogen-bond donors (Lipinski definition) is 2. The number of aromatic nitrogens is 3. The Hall–Kier alpha value is -1.57. The summed E-state index contributed by atoms with van der Waals surface area (Å²) in [6.07, 6.45) is 5.91. The molecule has 1 fully saturated rings. The first-order valence-corrected chi connectivity index (χ1v) is 8.28. The van der Waals surface area contributed by atoms with Crippen molar-refractivity contribution in [3.63, 3.8) is 0 Å². The molecule has 0 spiro atoms. The van der Waals surface area contributed by atoms with Crippen LogP contribution < -0.4 is 11.5 Å². The number of rotatable bonds is 5. The zero-order chi connectivity index (χ0) is 15.2. The van der Waals surface area contributed by atoms with Gasteiger partial charge >= 0.3 is 0 Å². The average molecular weight is 310 g/mol. The third kappa shape index (κ3) is 4.45. The second kappa shape index (κ2) is 7.44. The van der Waals surface area contributed by atoms with Crippen LogP contribution in [0.25, 0.3) is 0 Å². The van der Waals surface area contributed by atoms with E-state index in [2.05, 4.69) is 15.0 Å². The summed E-state index contributed by atoms with van der Waals surface area (Å²) >= 11 is 1.25. The van der Waals surface area contributed by atoms with Crippen molar-refractivity contribution in [3.05, 3.63) is 0 Å². The third-order valence-electron chi connectivity index (χ3n) is 3.65. The maximum atomic E-state index is 12.4. The van der Waals surface area contributed by atoms with Crippen LogP contribution in [0.15, 0.2) is 5.16 Å². The maximum absolute atomic E-state index is 12.4. The summed E-state index contributed by atoms with van der Waals surface area (Å²) in [6.45, 7) is 2.77. The van der Waals surface area contributed by atoms with Gasteiger partial charge in [-0.25, -0.2) is 0 Å². The lowest BCUT2D eigenvalue weighted by molar-refractivity contribution is -0.131. The Labute approximate surface area is 128 Å². The zero-order valence-corrected chi connectivity index (χ0v) is 13.1. The van der Waals surface area contributed by atoms with Crippen LogP contribution in [0.1, 0.15) is 39.0 Å². The Balaban J connectivity index is 1.92. The zero-order valence-electron chi connectivity index (χ0n) is 12.3. The Morgan fingerprint density at radius 3 is 2.38 bits per heavy atom. The smallest absolute Gasteiger partial charge is 0.233 e. The van der Waals surface area contributed by atoms with E-state index in [0.717, 1.165) is 19.4 Å². The topological polar surface area (TPSA) is 111 Å². The van der Waals surface area contributed by atoms with Crippen molar-refractivity contribution in [3.8, 4) is 0 Å². The van der Waals surface area contributed by atoms with E-state index in [0.29, 0.717) is 17.0 Å². The molecule has 1 aromatic heterocycles. The monoisotopic (exact) mass is 310 g/mol. The number of amides is 1. The van der Waals surface area contributed by atoms with Gasteiger partial charge in [-0.05, 0) is 19.8 Å².